The molecule has 2 aliphatic rings. The number of benzene rings is 2. The van der Waals surface area contributed by atoms with E-state index in [4.69, 9.17) is 4.74 Å². The summed E-state index contributed by atoms with van der Waals surface area (Å²) in [7, 11) is 0. The van der Waals surface area contributed by atoms with Crippen molar-refractivity contribution in [2.45, 2.75) is 44.1 Å². The molecule has 0 radical (unpaired) electrons. The molecule has 4 heteroatoms. The van der Waals surface area contributed by atoms with Crippen molar-refractivity contribution in [3.63, 3.8) is 0 Å². The van der Waals surface area contributed by atoms with Crippen LogP contribution in [0.2, 0.25) is 0 Å². The van der Waals surface area contributed by atoms with Gasteiger partial charge >= 0.3 is 0 Å². The zero-order valence-corrected chi connectivity index (χ0v) is 16.5. The van der Waals surface area contributed by atoms with Crippen LogP contribution in [0.3, 0.4) is 0 Å². The Morgan fingerprint density at radius 2 is 1.85 bits per heavy atom. The average Bonchev–Trinajstić information content (AvgIpc) is 3.23. The Morgan fingerprint density at radius 1 is 1.04 bits per heavy atom. The van der Waals surface area contributed by atoms with E-state index < -0.39 is 0 Å². The second-order valence-corrected chi connectivity index (χ2v) is 8.62. The van der Waals surface area contributed by atoms with Gasteiger partial charge in [-0.25, -0.2) is 0 Å². The summed E-state index contributed by atoms with van der Waals surface area (Å²) in [4.78, 5) is 15.2. The van der Waals surface area contributed by atoms with Crippen LogP contribution in [0.15, 0.2) is 54.6 Å². The van der Waals surface area contributed by atoms with E-state index in [1.807, 2.05) is 42.1 Å². The summed E-state index contributed by atoms with van der Waals surface area (Å²) in [6, 6.07) is 18.5. The van der Waals surface area contributed by atoms with Gasteiger partial charge in [0, 0.05) is 18.2 Å². The van der Waals surface area contributed by atoms with Crippen LogP contribution in [0.5, 0.6) is 5.75 Å². The minimum absolute atomic E-state index is 0.125. The first kappa shape index (κ1) is 18.4. The van der Waals surface area contributed by atoms with E-state index in [0.29, 0.717) is 12.5 Å². The van der Waals surface area contributed by atoms with Gasteiger partial charge in [-0.1, -0.05) is 61.7 Å². The van der Waals surface area contributed by atoms with Crippen molar-refractivity contribution in [3.8, 4) is 5.75 Å². The normalized spacial score (nSPS) is 20.6. The SMILES string of the molecule is O=C(C1CCCCC1)N1CCS[C@H]1c1cccc(OCc2ccccc2)c1. The third kappa shape index (κ3) is 4.49. The highest BCUT2D eigenvalue weighted by Crippen LogP contribution is 2.41. The van der Waals surface area contributed by atoms with Crippen molar-refractivity contribution < 1.29 is 9.53 Å². The quantitative estimate of drug-likeness (QED) is 0.692. The summed E-state index contributed by atoms with van der Waals surface area (Å²) >= 11 is 1.87. The molecule has 0 unspecified atom stereocenters. The van der Waals surface area contributed by atoms with Gasteiger partial charge in [0.1, 0.15) is 17.7 Å². The molecule has 1 saturated carbocycles. The number of amides is 1. The predicted molar refractivity (Wildman–Crippen MR) is 111 cm³/mol. The lowest BCUT2D eigenvalue weighted by Gasteiger charge is -2.30. The minimum Gasteiger partial charge on any atom is -0.489 e. The van der Waals surface area contributed by atoms with Gasteiger partial charge in [-0.3, -0.25) is 4.79 Å². The molecule has 2 aromatic rings. The van der Waals surface area contributed by atoms with Crippen molar-refractivity contribution >= 4 is 17.7 Å². The van der Waals surface area contributed by atoms with Crippen LogP contribution in [0.25, 0.3) is 0 Å². The number of nitrogens with zero attached hydrogens (tertiary/aromatic N) is 1. The van der Waals surface area contributed by atoms with Gasteiger partial charge in [-0.2, -0.15) is 0 Å². The Balaban J connectivity index is 1.44. The van der Waals surface area contributed by atoms with Crippen LogP contribution < -0.4 is 4.74 Å². The van der Waals surface area contributed by atoms with Gasteiger partial charge in [0.15, 0.2) is 0 Å². The highest BCUT2D eigenvalue weighted by atomic mass is 32.2. The number of hydrogen-bond donors (Lipinski definition) is 0. The van der Waals surface area contributed by atoms with E-state index in [-0.39, 0.29) is 11.3 Å². The van der Waals surface area contributed by atoms with E-state index in [1.165, 1.54) is 24.8 Å². The molecule has 0 bridgehead atoms. The highest BCUT2D eigenvalue weighted by Gasteiger charge is 2.35. The summed E-state index contributed by atoms with van der Waals surface area (Å²) < 4.78 is 5.99. The van der Waals surface area contributed by atoms with Crippen molar-refractivity contribution in [2.75, 3.05) is 12.3 Å². The number of thioether (sulfide) groups is 1. The zero-order valence-electron chi connectivity index (χ0n) is 15.7. The molecule has 4 rings (SSSR count). The summed E-state index contributed by atoms with van der Waals surface area (Å²) in [6.45, 7) is 1.42. The molecular formula is C23H27NO2S. The maximum absolute atomic E-state index is 13.1. The lowest BCUT2D eigenvalue weighted by molar-refractivity contribution is -0.136. The fraction of sp³-hybridized carbons (Fsp3) is 0.435. The molecule has 142 valence electrons. The molecule has 0 N–H and O–H groups in total. The second kappa shape index (κ2) is 8.83. The molecule has 1 amide bonds. The van der Waals surface area contributed by atoms with Crippen LogP contribution in [0.1, 0.15) is 48.6 Å². The van der Waals surface area contributed by atoms with Crippen molar-refractivity contribution in [2.24, 2.45) is 5.92 Å². The Hall–Kier alpha value is -1.94. The largest absolute Gasteiger partial charge is 0.489 e. The average molecular weight is 382 g/mol. The fourth-order valence-corrected chi connectivity index (χ4v) is 5.31. The molecule has 2 fully saturated rings. The van der Waals surface area contributed by atoms with E-state index in [2.05, 4.69) is 29.2 Å². The molecule has 1 heterocycles. The maximum Gasteiger partial charge on any atom is 0.226 e. The monoisotopic (exact) mass is 381 g/mol. The zero-order chi connectivity index (χ0) is 18.5. The van der Waals surface area contributed by atoms with Crippen molar-refractivity contribution in [1.82, 2.24) is 4.90 Å². The topological polar surface area (TPSA) is 29.5 Å². The Morgan fingerprint density at radius 3 is 2.67 bits per heavy atom. The van der Waals surface area contributed by atoms with Gasteiger partial charge in [-0.05, 0) is 36.1 Å². The Bertz CT molecular complexity index is 758. The molecule has 3 nitrogen and oxygen atoms in total. The van der Waals surface area contributed by atoms with Gasteiger partial charge < -0.3 is 9.64 Å². The van der Waals surface area contributed by atoms with Crippen molar-refractivity contribution in [3.05, 3.63) is 65.7 Å². The number of rotatable bonds is 5. The standard InChI is InChI=1S/C23H27NO2S/c25-22(19-10-5-2-6-11-19)24-14-15-27-23(24)20-12-7-13-21(16-20)26-17-18-8-3-1-4-9-18/h1,3-4,7-9,12-13,16,19,23H,2,5-6,10-11,14-15,17H2/t23-/m0/s1. The maximum atomic E-state index is 13.1. The third-order valence-corrected chi connectivity index (χ3v) is 6.78. The number of carbonyl (C=O) groups excluding carboxylic acids is 1. The minimum atomic E-state index is 0.125. The van der Waals surface area contributed by atoms with Crippen LogP contribution in [0.4, 0.5) is 0 Å². The first-order valence-electron chi connectivity index (χ1n) is 10.00. The van der Waals surface area contributed by atoms with E-state index >= 15 is 0 Å². The van der Waals surface area contributed by atoms with E-state index in [9.17, 15) is 4.79 Å². The van der Waals surface area contributed by atoms with Gasteiger partial charge in [0.05, 0.1) is 0 Å². The summed E-state index contributed by atoms with van der Waals surface area (Å²) in [5.41, 5.74) is 2.33. The van der Waals surface area contributed by atoms with E-state index in [1.54, 1.807) is 0 Å². The fourth-order valence-electron chi connectivity index (χ4n) is 4.05. The highest BCUT2D eigenvalue weighted by molar-refractivity contribution is 7.99. The molecule has 0 spiro atoms. The van der Waals surface area contributed by atoms with Crippen LogP contribution in [-0.4, -0.2) is 23.1 Å². The molecule has 27 heavy (non-hydrogen) atoms. The van der Waals surface area contributed by atoms with Crippen molar-refractivity contribution in [1.29, 1.82) is 0 Å². The number of ether oxygens (including phenoxy) is 1. The molecule has 1 atom stereocenters. The first-order chi connectivity index (χ1) is 13.3. The molecular weight excluding hydrogens is 354 g/mol. The number of hydrogen-bond acceptors (Lipinski definition) is 3. The second-order valence-electron chi connectivity index (χ2n) is 7.44. The summed E-state index contributed by atoms with van der Waals surface area (Å²) in [5.74, 6) is 2.48. The third-order valence-electron chi connectivity index (χ3n) is 5.52. The van der Waals surface area contributed by atoms with Crippen LogP contribution in [0, 0.1) is 5.92 Å². The lowest BCUT2D eigenvalue weighted by Crippen LogP contribution is -2.36. The van der Waals surface area contributed by atoms with Gasteiger partial charge in [0.2, 0.25) is 5.91 Å². The summed E-state index contributed by atoms with van der Waals surface area (Å²) in [5, 5.41) is 0.125. The molecule has 2 aromatic carbocycles. The molecule has 0 aromatic heterocycles. The van der Waals surface area contributed by atoms with Crippen LogP contribution >= 0.6 is 11.8 Å². The predicted octanol–water partition coefficient (Wildman–Crippen LogP) is 5.42. The Kier molecular flexibility index (Phi) is 6.03. The Labute approximate surface area is 166 Å². The first-order valence-corrected chi connectivity index (χ1v) is 11.0. The lowest BCUT2D eigenvalue weighted by atomic mass is 9.88. The molecule has 1 aliphatic carbocycles. The van der Waals surface area contributed by atoms with Crippen LogP contribution in [-0.2, 0) is 11.4 Å². The molecule has 1 aliphatic heterocycles. The van der Waals surface area contributed by atoms with Gasteiger partial charge in [-0.15, -0.1) is 11.8 Å². The summed E-state index contributed by atoms with van der Waals surface area (Å²) in [6.07, 6.45) is 5.80. The van der Waals surface area contributed by atoms with E-state index in [0.717, 1.165) is 36.5 Å². The number of carbonyl (C=O) groups is 1. The molecule has 1 saturated heterocycles. The van der Waals surface area contributed by atoms with Gasteiger partial charge in [0.25, 0.3) is 0 Å². The smallest absolute Gasteiger partial charge is 0.226 e.